The first-order valence-corrected chi connectivity index (χ1v) is 12.5. The first kappa shape index (κ1) is 24.1. The highest BCUT2D eigenvalue weighted by Gasteiger charge is 2.31. The lowest BCUT2D eigenvalue weighted by atomic mass is 9.96. The molecule has 2 aromatic carbocycles. The van der Waals surface area contributed by atoms with Crippen molar-refractivity contribution < 1.29 is 18.8 Å². The minimum atomic E-state index is 0.00951. The van der Waals surface area contributed by atoms with Gasteiger partial charge in [-0.15, -0.1) is 0 Å². The zero-order valence-corrected chi connectivity index (χ0v) is 20.9. The minimum Gasteiger partial charge on any atom is -0.493 e. The number of ether oxygens (including phenoxy) is 2. The van der Waals surface area contributed by atoms with Gasteiger partial charge in [0.15, 0.2) is 11.5 Å². The molecule has 1 amide bonds. The number of anilines is 1. The maximum Gasteiger partial charge on any atom is 0.241 e. The van der Waals surface area contributed by atoms with Crippen molar-refractivity contribution in [3.63, 3.8) is 0 Å². The number of hydrogen-bond donors (Lipinski definition) is 0. The molecule has 3 heterocycles. The average Bonchev–Trinajstić information content (AvgIpc) is 3.41. The summed E-state index contributed by atoms with van der Waals surface area (Å²) in [6.45, 7) is 5.43. The third kappa shape index (κ3) is 5.31. The summed E-state index contributed by atoms with van der Waals surface area (Å²) in [5.41, 5.74) is 2.02. The summed E-state index contributed by atoms with van der Waals surface area (Å²) in [5.74, 6) is 2.59. The van der Waals surface area contributed by atoms with Gasteiger partial charge in [-0.25, -0.2) is 0 Å². The van der Waals surface area contributed by atoms with Crippen molar-refractivity contribution in [3.8, 4) is 22.9 Å². The van der Waals surface area contributed by atoms with Crippen molar-refractivity contribution in [1.82, 2.24) is 19.9 Å². The molecule has 2 fully saturated rings. The van der Waals surface area contributed by atoms with Crippen LogP contribution in [0.3, 0.4) is 0 Å². The van der Waals surface area contributed by atoms with E-state index < -0.39 is 0 Å². The van der Waals surface area contributed by atoms with Crippen molar-refractivity contribution in [1.29, 1.82) is 0 Å². The maximum absolute atomic E-state index is 13.3. The summed E-state index contributed by atoms with van der Waals surface area (Å²) in [4.78, 5) is 24.5. The van der Waals surface area contributed by atoms with Gasteiger partial charge in [-0.3, -0.25) is 9.69 Å². The number of piperazine rings is 1. The normalized spacial score (nSPS) is 18.8. The molecule has 9 heteroatoms. The summed E-state index contributed by atoms with van der Waals surface area (Å²) in [6.07, 6.45) is 1.91. The van der Waals surface area contributed by atoms with Crippen LogP contribution in [0.15, 0.2) is 53.1 Å². The molecule has 0 aliphatic carbocycles. The highest BCUT2D eigenvalue weighted by atomic mass is 16.5. The van der Waals surface area contributed by atoms with E-state index in [1.165, 1.54) is 5.69 Å². The number of aromatic nitrogens is 2. The molecular weight excluding hydrogens is 458 g/mol. The number of methoxy groups -OCH3 is 2. The van der Waals surface area contributed by atoms with Crippen LogP contribution in [-0.4, -0.2) is 79.3 Å². The number of carbonyl (C=O) groups is 1. The Bertz CT molecular complexity index is 1160. The molecule has 2 saturated heterocycles. The molecule has 190 valence electrons. The van der Waals surface area contributed by atoms with Crippen LogP contribution in [0.25, 0.3) is 11.4 Å². The van der Waals surface area contributed by atoms with Crippen molar-refractivity contribution >= 4 is 11.6 Å². The quantitative estimate of drug-likeness (QED) is 0.498. The van der Waals surface area contributed by atoms with Crippen LogP contribution in [-0.2, 0) is 11.3 Å². The average molecular weight is 492 g/mol. The zero-order valence-electron chi connectivity index (χ0n) is 20.9. The fraction of sp³-hybridized carbons (Fsp3) is 0.444. The van der Waals surface area contributed by atoms with Crippen molar-refractivity contribution in [2.24, 2.45) is 5.92 Å². The molecule has 1 atom stereocenters. The van der Waals surface area contributed by atoms with E-state index in [4.69, 9.17) is 14.0 Å². The first-order chi connectivity index (χ1) is 17.6. The molecular formula is C27H33N5O4. The fourth-order valence-electron chi connectivity index (χ4n) is 5.09. The second kappa shape index (κ2) is 11.0. The van der Waals surface area contributed by atoms with Gasteiger partial charge in [0.25, 0.3) is 0 Å². The first-order valence-electron chi connectivity index (χ1n) is 12.5. The van der Waals surface area contributed by atoms with Gasteiger partial charge in [0, 0.05) is 44.0 Å². The molecule has 36 heavy (non-hydrogen) atoms. The Hall–Kier alpha value is -3.59. The number of carbonyl (C=O) groups excluding carboxylic acids is 1. The second-order valence-electron chi connectivity index (χ2n) is 9.30. The molecule has 2 aliphatic heterocycles. The summed E-state index contributed by atoms with van der Waals surface area (Å²) >= 11 is 0. The molecule has 0 N–H and O–H groups in total. The highest BCUT2D eigenvalue weighted by molar-refractivity contribution is 5.79. The molecule has 9 nitrogen and oxygen atoms in total. The van der Waals surface area contributed by atoms with Gasteiger partial charge in [0.05, 0.1) is 26.7 Å². The SMILES string of the molecule is COc1ccc(-c2noc(CN3CCC[C@H](C(=O)N4CCN(c5ccccc5)CC4)C3)n2)cc1OC. The Labute approximate surface area is 211 Å². The molecule has 0 saturated carbocycles. The van der Waals surface area contributed by atoms with Crippen LogP contribution in [0.4, 0.5) is 5.69 Å². The number of benzene rings is 2. The summed E-state index contributed by atoms with van der Waals surface area (Å²) in [6, 6.07) is 15.9. The van der Waals surface area contributed by atoms with Crippen LogP contribution in [0.1, 0.15) is 18.7 Å². The Morgan fingerprint density at radius 3 is 2.53 bits per heavy atom. The maximum atomic E-state index is 13.3. The van der Waals surface area contributed by atoms with E-state index in [0.717, 1.165) is 51.1 Å². The van der Waals surface area contributed by atoms with Crippen molar-refractivity contribution in [2.45, 2.75) is 19.4 Å². The van der Waals surface area contributed by atoms with Gasteiger partial charge in [-0.05, 0) is 49.7 Å². The largest absolute Gasteiger partial charge is 0.493 e. The smallest absolute Gasteiger partial charge is 0.241 e. The third-order valence-corrected chi connectivity index (χ3v) is 7.04. The number of likely N-dealkylation sites (tertiary alicyclic amines) is 1. The predicted octanol–water partition coefficient (Wildman–Crippen LogP) is 3.31. The van der Waals surface area contributed by atoms with Gasteiger partial charge < -0.3 is 23.8 Å². The summed E-state index contributed by atoms with van der Waals surface area (Å²) in [7, 11) is 3.20. The van der Waals surface area contributed by atoms with Gasteiger partial charge >= 0.3 is 0 Å². The van der Waals surface area contributed by atoms with Crippen molar-refractivity contribution in [3.05, 3.63) is 54.4 Å². The van der Waals surface area contributed by atoms with Gasteiger partial charge in [0.2, 0.25) is 17.6 Å². The van der Waals surface area contributed by atoms with E-state index in [-0.39, 0.29) is 11.8 Å². The van der Waals surface area contributed by atoms with Gasteiger partial charge in [-0.2, -0.15) is 4.98 Å². The molecule has 0 unspecified atom stereocenters. The number of amides is 1. The molecule has 0 radical (unpaired) electrons. The van der Waals surface area contributed by atoms with Gasteiger partial charge in [-0.1, -0.05) is 23.4 Å². The lowest BCUT2D eigenvalue weighted by Crippen LogP contribution is -2.52. The van der Waals surface area contributed by atoms with E-state index in [1.54, 1.807) is 14.2 Å². The second-order valence-corrected chi connectivity index (χ2v) is 9.30. The molecule has 1 aromatic heterocycles. The molecule has 3 aromatic rings. The van der Waals surface area contributed by atoms with E-state index in [9.17, 15) is 4.79 Å². The van der Waals surface area contributed by atoms with Crippen LogP contribution < -0.4 is 14.4 Å². The van der Waals surface area contributed by atoms with E-state index in [0.29, 0.717) is 36.3 Å². The Morgan fingerprint density at radius 1 is 1.00 bits per heavy atom. The minimum absolute atomic E-state index is 0.00951. The standard InChI is InChI=1S/C27H33N5O4/c1-34-23-11-10-20(17-24(23)35-2)26-28-25(36-29-26)19-30-12-6-7-21(18-30)27(33)32-15-13-31(14-16-32)22-8-4-3-5-9-22/h3-5,8-11,17,21H,6-7,12-16,18-19H2,1-2H3/t21-/m0/s1. The fourth-order valence-corrected chi connectivity index (χ4v) is 5.09. The highest BCUT2D eigenvalue weighted by Crippen LogP contribution is 2.31. The monoisotopic (exact) mass is 491 g/mol. The van der Waals surface area contributed by atoms with Crippen LogP contribution in [0.2, 0.25) is 0 Å². The Balaban J connectivity index is 1.16. The topological polar surface area (TPSA) is 84.2 Å². The number of rotatable bonds is 7. The Morgan fingerprint density at radius 2 is 1.78 bits per heavy atom. The lowest BCUT2D eigenvalue weighted by molar-refractivity contribution is -0.137. The van der Waals surface area contributed by atoms with E-state index in [2.05, 4.69) is 44.2 Å². The lowest BCUT2D eigenvalue weighted by Gasteiger charge is -2.39. The van der Waals surface area contributed by atoms with Gasteiger partial charge in [0.1, 0.15) is 0 Å². The molecule has 5 rings (SSSR count). The number of nitrogens with zero attached hydrogens (tertiary/aromatic N) is 5. The van der Waals surface area contributed by atoms with E-state index in [1.807, 2.05) is 29.2 Å². The Kier molecular flexibility index (Phi) is 7.36. The number of para-hydroxylation sites is 1. The van der Waals surface area contributed by atoms with Crippen LogP contribution >= 0.6 is 0 Å². The van der Waals surface area contributed by atoms with Crippen LogP contribution in [0.5, 0.6) is 11.5 Å². The number of piperidine rings is 1. The summed E-state index contributed by atoms with van der Waals surface area (Å²) in [5, 5.41) is 4.15. The molecule has 2 aliphatic rings. The third-order valence-electron chi connectivity index (χ3n) is 7.04. The molecule has 0 bridgehead atoms. The predicted molar refractivity (Wildman–Crippen MR) is 136 cm³/mol. The molecule has 0 spiro atoms. The van der Waals surface area contributed by atoms with Crippen molar-refractivity contribution in [2.75, 3.05) is 58.4 Å². The zero-order chi connectivity index (χ0) is 24.9. The van der Waals surface area contributed by atoms with Crippen LogP contribution in [0, 0.1) is 5.92 Å². The summed E-state index contributed by atoms with van der Waals surface area (Å²) < 4.78 is 16.2. The van der Waals surface area contributed by atoms with E-state index >= 15 is 0 Å². The number of hydrogen-bond acceptors (Lipinski definition) is 8.